The zero-order valence-corrected chi connectivity index (χ0v) is 12.0. The Bertz CT molecular complexity index is 703. The standard InChI is InChI=1S/C17H13ClFNO/c18-15-6-3-4-13(12-15)8-9-17(21)20-11-10-14-5-1-2-7-16(14)19/h1-7,12H,10-11H2,(H,20,21). The Morgan fingerprint density at radius 1 is 1.19 bits per heavy atom. The summed E-state index contributed by atoms with van der Waals surface area (Å²) in [6.45, 7) is 0.337. The minimum atomic E-state index is -0.397. The fourth-order valence-electron chi connectivity index (χ4n) is 1.75. The van der Waals surface area contributed by atoms with Crippen LogP contribution in [0.3, 0.4) is 0 Å². The first-order valence-corrected chi connectivity index (χ1v) is 6.82. The molecule has 0 fully saturated rings. The van der Waals surface area contributed by atoms with Crippen LogP contribution in [0.5, 0.6) is 0 Å². The predicted octanol–water partition coefficient (Wildman–Crippen LogP) is 3.19. The lowest BCUT2D eigenvalue weighted by Crippen LogP contribution is -2.24. The zero-order valence-electron chi connectivity index (χ0n) is 11.2. The lowest BCUT2D eigenvalue weighted by atomic mass is 10.1. The second kappa shape index (κ2) is 7.47. The van der Waals surface area contributed by atoms with Crippen molar-refractivity contribution in [3.63, 3.8) is 0 Å². The first-order chi connectivity index (χ1) is 10.1. The molecule has 0 unspecified atom stereocenters. The van der Waals surface area contributed by atoms with E-state index in [-0.39, 0.29) is 5.82 Å². The molecule has 0 aromatic heterocycles. The fourth-order valence-corrected chi connectivity index (χ4v) is 1.94. The lowest BCUT2D eigenvalue weighted by molar-refractivity contribution is -0.115. The smallest absolute Gasteiger partial charge is 0.296 e. The number of rotatable bonds is 3. The van der Waals surface area contributed by atoms with Crippen molar-refractivity contribution in [3.05, 3.63) is 70.5 Å². The van der Waals surface area contributed by atoms with Crippen LogP contribution in [0, 0.1) is 17.7 Å². The summed E-state index contributed by atoms with van der Waals surface area (Å²) >= 11 is 5.82. The van der Waals surface area contributed by atoms with E-state index < -0.39 is 5.91 Å². The largest absolute Gasteiger partial charge is 0.345 e. The van der Waals surface area contributed by atoms with Crippen LogP contribution in [0.4, 0.5) is 4.39 Å². The van der Waals surface area contributed by atoms with Crippen molar-refractivity contribution in [1.29, 1.82) is 0 Å². The summed E-state index contributed by atoms with van der Waals surface area (Å²) in [6, 6.07) is 13.4. The Hall–Kier alpha value is -2.31. The molecular weight excluding hydrogens is 289 g/mol. The number of hydrogen-bond acceptors (Lipinski definition) is 1. The van der Waals surface area contributed by atoms with Gasteiger partial charge in [-0.15, -0.1) is 0 Å². The number of benzene rings is 2. The molecule has 0 aliphatic heterocycles. The van der Waals surface area contributed by atoms with E-state index >= 15 is 0 Å². The first-order valence-electron chi connectivity index (χ1n) is 6.44. The normalized spacial score (nSPS) is 9.62. The molecule has 0 spiro atoms. The molecule has 0 saturated carbocycles. The summed E-state index contributed by atoms with van der Waals surface area (Å²) in [7, 11) is 0. The highest BCUT2D eigenvalue weighted by Crippen LogP contribution is 2.09. The van der Waals surface area contributed by atoms with Gasteiger partial charge >= 0.3 is 0 Å². The Labute approximate surface area is 127 Å². The van der Waals surface area contributed by atoms with Gasteiger partial charge in [-0.3, -0.25) is 4.79 Å². The maximum absolute atomic E-state index is 13.4. The molecule has 2 rings (SSSR count). The topological polar surface area (TPSA) is 29.1 Å². The number of hydrogen-bond donors (Lipinski definition) is 1. The molecule has 0 saturated heterocycles. The van der Waals surface area contributed by atoms with Crippen molar-refractivity contribution in [2.75, 3.05) is 6.54 Å². The maximum Gasteiger partial charge on any atom is 0.296 e. The van der Waals surface area contributed by atoms with E-state index in [2.05, 4.69) is 17.2 Å². The molecule has 106 valence electrons. The Kier molecular flexibility index (Phi) is 5.36. The van der Waals surface area contributed by atoms with Gasteiger partial charge in [0.05, 0.1) is 0 Å². The minimum Gasteiger partial charge on any atom is -0.345 e. The molecule has 0 aliphatic carbocycles. The molecule has 1 N–H and O–H groups in total. The summed E-state index contributed by atoms with van der Waals surface area (Å²) in [5, 5.41) is 3.20. The van der Waals surface area contributed by atoms with Crippen LogP contribution < -0.4 is 5.32 Å². The Morgan fingerprint density at radius 2 is 2.00 bits per heavy atom. The zero-order chi connectivity index (χ0) is 15.1. The van der Waals surface area contributed by atoms with Gasteiger partial charge in [-0.05, 0) is 36.2 Å². The van der Waals surface area contributed by atoms with E-state index in [1.54, 1.807) is 42.5 Å². The number of carbonyl (C=O) groups is 1. The Balaban J connectivity index is 1.85. The quantitative estimate of drug-likeness (QED) is 0.867. The highest BCUT2D eigenvalue weighted by atomic mass is 35.5. The van der Waals surface area contributed by atoms with Crippen molar-refractivity contribution in [2.45, 2.75) is 6.42 Å². The van der Waals surface area contributed by atoms with E-state index in [1.165, 1.54) is 6.07 Å². The number of amides is 1. The average molecular weight is 302 g/mol. The second-order valence-electron chi connectivity index (χ2n) is 4.36. The maximum atomic E-state index is 13.4. The van der Waals surface area contributed by atoms with Gasteiger partial charge in [0, 0.05) is 23.1 Å². The van der Waals surface area contributed by atoms with Gasteiger partial charge in [-0.1, -0.05) is 41.8 Å². The summed E-state index contributed by atoms with van der Waals surface area (Å²) in [5.74, 6) is 4.54. The van der Waals surface area contributed by atoms with Crippen molar-refractivity contribution >= 4 is 17.5 Å². The van der Waals surface area contributed by atoms with Gasteiger partial charge in [-0.2, -0.15) is 0 Å². The monoisotopic (exact) mass is 301 g/mol. The molecule has 2 aromatic carbocycles. The SMILES string of the molecule is O=C(C#Cc1cccc(Cl)c1)NCCc1ccccc1F. The lowest BCUT2D eigenvalue weighted by Gasteiger charge is -2.02. The van der Waals surface area contributed by atoms with Gasteiger partial charge in [-0.25, -0.2) is 4.39 Å². The highest BCUT2D eigenvalue weighted by molar-refractivity contribution is 6.30. The fraction of sp³-hybridized carbons (Fsp3) is 0.118. The predicted molar refractivity (Wildman–Crippen MR) is 81.4 cm³/mol. The average Bonchev–Trinajstić information content (AvgIpc) is 2.47. The van der Waals surface area contributed by atoms with Crippen LogP contribution in [-0.2, 0) is 11.2 Å². The van der Waals surface area contributed by atoms with Crippen molar-refractivity contribution in [3.8, 4) is 11.8 Å². The molecule has 1 amide bonds. The van der Waals surface area contributed by atoms with Gasteiger partial charge < -0.3 is 5.32 Å². The molecule has 21 heavy (non-hydrogen) atoms. The molecule has 0 heterocycles. The molecule has 2 nitrogen and oxygen atoms in total. The van der Waals surface area contributed by atoms with Gasteiger partial charge in [0.25, 0.3) is 5.91 Å². The highest BCUT2D eigenvalue weighted by Gasteiger charge is 2.01. The number of nitrogens with one attached hydrogen (secondary N) is 1. The van der Waals surface area contributed by atoms with Crippen LogP contribution in [-0.4, -0.2) is 12.5 Å². The Morgan fingerprint density at radius 3 is 2.76 bits per heavy atom. The van der Waals surface area contributed by atoms with E-state index in [0.29, 0.717) is 29.1 Å². The van der Waals surface area contributed by atoms with Gasteiger partial charge in [0.15, 0.2) is 0 Å². The third-order valence-corrected chi connectivity index (χ3v) is 3.02. The van der Waals surface area contributed by atoms with E-state index in [0.717, 1.165) is 0 Å². The van der Waals surface area contributed by atoms with Crippen molar-refractivity contribution < 1.29 is 9.18 Å². The first kappa shape index (κ1) is 15.1. The molecule has 0 bridgehead atoms. The summed E-state index contributed by atoms with van der Waals surface area (Å²) in [6.07, 6.45) is 0.428. The van der Waals surface area contributed by atoms with Gasteiger partial charge in [0.1, 0.15) is 5.82 Å². The van der Waals surface area contributed by atoms with Crippen molar-refractivity contribution in [1.82, 2.24) is 5.32 Å². The molecule has 0 radical (unpaired) electrons. The van der Waals surface area contributed by atoms with Crippen LogP contribution >= 0.6 is 11.6 Å². The van der Waals surface area contributed by atoms with Gasteiger partial charge in [0.2, 0.25) is 0 Å². The third kappa shape index (κ3) is 4.94. The summed E-state index contributed by atoms with van der Waals surface area (Å²) in [4.78, 5) is 11.6. The number of halogens is 2. The van der Waals surface area contributed by atoms with E-state index in [1.807, 2.05) is 0 Å². The minimum absolute atomic E-state index is 0.267. The van der Waals surface area contributed by atoms with Crippen molar-refractivity contribution in [2.24, 2.45) is 0 Å². The molecule has 0 aliphatic rings. The molecule has 2 aromatic rings. The summed E-state index contributed by atoms with van der Waals surface area (Å²) < 4.78 is 13.4. The third-order valence-electron chi connectivity index (χ3n) is 2.78. The number of carbonyl (C=O) groups excluding carboxylic acids is 1. The van der Waals surface area contributed by atoms with Crippen LogP contribution in [0.25, 0.3) is 0 Å². The van der Waals surface area contributed by atoms with Crippen LogP contribution in [0.1, 0.15) is 11.1 Å². The second-order valence-corrected chi connectivity index (χ2v) is 4.79. The van der Waals surface area contributed by atoms with E-state index in [4.69, 9.17) is 11.6 Å². The molecule has 4 heteroatoms. The van der Waals surface area contributed by atoms with E-state index in [9.17, 15) is 9.18 Å². The summed E-state index contributed by atoms with van der Waals surface area (Å²) in [5.41, 5.74) is 1.24. The molecular formula is C17H13ClFNO. The van der Waals surface area contributed by atoms with Crippen LogP contribution in [0.2, 0.25) is 5.02 Å². The van der Waals surface area contributed by atoms with Crippen LogP contribution in [0.15, 0.2) is 48.5 Å². The molecule has 0 atom stereocenters.